The number of nitrogens with one attached hydrogen (secondary N) is 1. The van der Waals surface area contributed by atoms with Crippen LogP contribution in [0.3, 0.4) is 0 Å². The standard InChI is InChI=1S/C18H15Cl2NO3S/c1-24-18(23)16-11-4-2-7-14(11)25-17(16)21-15(22)9-8-10-12(19)5-3-6-13(10)20/h3,5-6,8-9H,2,4,7H2,1H3,(H,21,22). The molecule has 1 aliphatic rings. The molecule has 130 valence electrons. The van der Waals surface area contributed by atoms with E-state index in [1.54, 1.807) is 24.3 Å². The molecule has 2 aromatic rings. The van der Waals surface area contributed by atoms with Gasteiger partial charge in [-0.15, -0.1) is 11.3 Å². The molecule has 1 aromatic carbocycles. The normalized spacial score (nSPS) is 13.1. The highest BCUT2D eigenvalue weighted by Crippen LogP contribution is 2.39. The molecule has 25 heavy (non-hydrogen) atoms. The quantitative estimate of drug-likeness (QED) is 0.586. The van der Waals surface area contributed by atoms with E-state index in [2.05, 4.69) is 5.32 Å². The molecule has 0 fully saturated rings. The molecule has 0 saturated heterocycles. The second-order valence-electron chi connectivity index (χ2n) is 5.51. The SMILES string of the molecule is COC(=O)c1c(NC(=O)C=Cc2c(Cl)cccc2Cl)sc2c1CCC2. The predicted molar refractivity (Wildman–Crippen MR) is 102 cm³/mol. The van der Waals surface area contributed by atoms with Gasteiger partial charge in [0.1, 0.15) is 5.00 Å². The number of hydrogen-bond acceptors (Lipinski definition) is 4. The highest BCUT2D eigenvalue weighted by Gasteiger charge is 2.27. The number of thiophene rings is 1. The lowest BCUT2D eigenvalue weighted by Crippen LogP contribution is -2.12. The highest BCUT2D eigenvalue weighted by molar-refractivity contribution is 7.17. The summed E-state index contributed by atoms with van der Waals surface area (Å²) in [5, 5.41) is 4.21. The van der Waals surface area contributed by atoms with Gasteiger partial charge in [-0.05, 0) is 43.0 Å². The fourth-order valence-electron chi connectivity index (χ4n) is 2.79. The summed E-state index contributed by atoms with van der Waals surface area (Å²) in [5.41, 5.74) is 2.03. The summed E-state index contributed by atoms with van der Waals surface area (Å²) in [7, 11) is 1.34. The zero-order chi connectivity index (χ0) is 18.0. The number of carbonyl (C=O) groups is 2. The minimum Gasteiger partial charge on any atom is -0.465 e. The minimum absolute atomic E-state index is 0.360. The van der Waals surface area contributed by atoms with Crippen molar-refractivity contribution in [2.24, 2.45) is 0 Å². The number of hydrogen-bond donors (Lipinski definition) is 1. The Labute approximate surface area is 159 Å². The Morgan fingerprint density at radius 1 is 1.24 bits per heavy atom. The van der Waals surface area contributed by atoms with Crippen molar-refractivity contribution in [1.29, 1.82) is 0 Å². The van der Waals surface area contributed by atoms with E-state index in [1.807, 2.05) is 0 Å². The number of rotatable bonds is 4. The summed E-state index contributed by atoms with van der Waals surface area (Å²) in [5.74, 6) is -0.783. The average Bonchev–Trinajstić information content (AvgIpc) is 3.14. The van der Waals surface area contributed by atoms with Crippen molar-refractivity contribution in [3.8, 4) is 0 Å². The van der Waals surface area contributed by atoms with E-state index < -0.39 is 5.97 Å². The van der Waals surface area contributed by atoms with Crippen molar-refractivity contribution in [2.45, 2.75) is 19.3 Å². The Morgan fingerprint density at radius 2 is 1.96 bits per heavy atom. The molecule has 0 bridgehead atoms. The first kappa shape index (κ1) is 18.0. The van der Waals surface area contributed by atoms with E-state index >= 15 is 0 Å². The van der Waals surface area contributed by atoms with E-state index in [-0.39, 0.29) is 5.91 Å². The summed E-state index contributed by atoms with van der Waals surface area (Å²) in [4.78, 5) is 25.5. The molecule has 1 aromatic heterocycles. The minimum atomic E-state index is -0.423. The van der Waals surface area contributed by atoms with Gasteiger partial charge >= 0.3 is 5.97 Å². The second-order valence-corrected chi connectivity index (χ2v) is 7.43. The number of anilines is 1. The number of halogens is 2. The third-order valence-electron chi connectivity index (χ3n) is 3.95. The van der Waals surface area contributed by atoms with Crippen molar-refractivity contribution >= 4 is 57.5 Å². The fraction of sp³-hybridized carbons (Fsp3) is 0.222. The first-order valence-electron chi connectivity index (χ1n) is 7.67. The van der Waals surface area contributed by atoms with Gasteiger partial charge in [0.05, 0.1) is 12.7 Å². The largest absolute Gasteiger partial charge is 0.465 e. The van der Waals surface area contributed by atoms with Gasteiger partial charge in [0.2, 0.25) is 5.91 Å². The Bertz CT molecular complexity index is 853. The summed E-state index contributed by atoms with van der Waals surface area (Å²) < 4.78 is 4.87. The molecule has 0 aliphatic heterocycles. The number of benzene rings is 1. The Kier molecular flexibility index (Phi) is 5.47. The molecule has 0 spiro atoms. The number of aryl methyl sites for hydroxylation is 1. The smallest absolute Gasteiger partial charge is 0.341 e. The molecule has 1 N–H and O–H groups in total. The van der Waals surface area contributed by atoms with Gasteiger partial charge in [-0.3, -0.25) is 4.79 Å². The number of amides is 1. The van der Waals surface area contributed by atoms with E-state index in [0.29, 0.717) is 26.2 Å². The molecule has 1 heterocycles. The summed E-state index contributed by atoms with van der Waals surface area (Å²) >= 11 is 13.6. The van der Waals surface area contributed by atoms with E-state index in [9.17, 15) is 9.59 Å². The lowest BCUT2D eigenvalue weighted by molar-refractivity contribution is -0.111. The number of fused-ring (bicyclic) bond motifs is 1. The molecular formula is C18H15Cl2NO3S. The van der Waals surface area contributed by atoms with Crippen molar-refractivity contribution in [2.75, 3.05) is 12.4 Å². The molecule has 0 saturated carbocycles. The van der Waals surface area contributed by atoms with Crippen LogP contribution >= 0.6 is 34.5 Å². The van der Waals surface area contributed by atoms with Crippen LogP contribution in [0.4, 0.5) is 5.00 Å². The zero-order valence-electron chi connectivity index (χ0n) is 13.4. The van der Waals surface area contributed by atoms with Gasteiger partial charge in [0.15, 0.2) is 0 Å². The molecular weight excluding hydrogens is 381 g/mol. The first-order chi connectivity index (χ1) is 12.0. The van der Waals surface area contributed by atoms with Gasteiger partial charge in [0, 0.05) is 26.6 Å². The van der Waals surface area contributed by atoms with Crippen LogP contribution in [0.1, 0.15) is 32.8 Å². The van der Waals surface area contributed by atoms with Crippen molar-refractivity contribution < 1.29 is 14.3 Å². The summed E-state index contributed by atoms with van der Waals surface area (Å²) in [6.07, 6.45) is 5.67. The maximum absolute atomic E-state index is 12.3. The Morgan fingerprint density at radius 3 is 2.64 bits per heavy atom. The van der Waals surface area contributed by atoms with Crippen molar-refractivity contribution in [3.63, 3.8) is 0 Å². The summed E-state index contributed by atoms with van der Waals surface area (Å²) in [6, 6.07) is 5.13. The monoisotopic (exact) mass is 395 g/mol. The maximum Gasteiger partial charge on any atom is 0.341 e. The van der Waals surface area contributed by atoms with Crippen LogP contribution in [0.25, 0.3) is 6.08 Å². The van der Waals surface area contributed by atoms with Crippen molar-refractivity contribution in [3.05, 3.63) is 55.9 Å². The topological polar surface area (TPSA) is 55.4 Å². The Hall–Kier alpha value is -1.82. The van der Waals surface area contributed by atoms with Gasteiger partial charge in [-0.2, -0.15) is 0 Å². The second kappa shape index (κ2) is 7.60. The van der Waals surface area contributed by atoms with Crippen molar-refractivity contribution in [1.82, 2.24) is 0 Å². The van der Waals surface area contributed by atoms with E-state index in [1.165, 1.54) is 24.5 Å². The van der Waals surface area contributed by atoms with Gasteiger partial charge in [-0.1, -0.05) is 29.3 Å². The van der Waals surface area contributed by atoms with Gasteiger partial charge in [-0.25, -0.2) is 4.79 Å². The van der Waals surface area contributed by atoms with Crippen LogP contribution in [0, 0.1) is 0 Å². The maximum atomic E-state index is 12.3. The molecule has 0 radical (unpaired) electrons. The number of ether oxygens (including phenoxy) is 1. The number of carbonyl (C=O) groups excluding carboxylic acids is 2. The molecule has 4 nitrogen and oxygen atoms in total. The molecule has 0 unspecified atom stereocenters. The molecule has 1 amide bonds. The number of esters is 1. The first-order valence-corrected chi connectivity index (χ1v) is 9.24. The highest BCUT2D eigenvalue weighted by atomic mass is 35.5. The predicted octanol–water partition coefficient (Wildman–Crippen LogP) is 4.98. The third-order valence-corrected chi connectivity index (χ3v) is 5.82. The average molecular weight is 396 g/mol. The van der Waals surface area contributed by atoms with Crippen LogP contribution in [0.15, 0.2) is 24.3 Å². The van der Waals surface area contributed by atoms with Crippen LogP contribution in [0.2, 0.25) is 10.0 Å². The van der Waals surface area contributed by atoms with Gasteiger partial charge < -0.3 is 10.1 Å². The molecule has 0 atom stereocenters. The lowest BCUT2D eigenvalue weighted by atomic mass is 10.1. The number of methoxy groups -OCH3 is 1. The third kappa shape index (κ3) is 3.73. The van der Waals surface area contributed by atoms with Crippen LogP contribution in [0.5, 0.6) is 0 Å². The zero-order valence-corrected chi connectivity index (χ0v) is 15.7. The van der Waals surface area contributed by atoms with Crippen LogP contribution < -0.4 is 5.32 Å². The lowest BCUT2D eigenvalue weighted by Gasteiger charge is -2.05. The van der Waals surface area contributed by atoms with E-state index in [4.69, 9.17) is 27.9 Å². The van der Waals surface area contributed by atoms with Gasteiger partial charge in [0.25, 0.3) is 0 Å². The Balaban J connectivity index is 1.82. The fourth-order valence-corrected chi connectivity index (χ4v) is 4.60. The molecule has 3 rings (SSSR count). The molecule has 7 heteroatoms. The van der Waals surface area contributed by atoms with E-state index in [0.717, 1.165) is 29.7 Å². The molecule has 1 aliphatic carbocycles. The van der Waals surface area contributed by atoms with Crippen LogP contribution in [-0.4, -0.2) is 19.0 Å². The summed E-state index contributed by atoms with van der Waals surface area (Å²) in [6.45, 7) is 0. The van der Waals surface area contributed by atoms with Crippen LogP contribution in [-0.2, 0) is 22.4 Å².